The van der Waals surface area contributed by atoms with Crippen LogP contribution in [-0.4, -0.2) is 29.9 Å². The highest BCUT2D eigenvalue weighted by atomic mass is 16.3. The summed E-state index contributed by atoms with van der Waals surface area (Å²) in [5.74, 6) is 1.37. The van der Waals surface area contributed by atoms with Crippen molar-refractivity contribution >= 4 is 11.5 Å². The SMILES string of the molecule is OCc1ccccc1CNc1ccc2nnc(-c3ccncc3)n2n1. The Bertz CT molecular complexity index is 999. The Labute approximate surface area is 144 Å². The molecule has 0 unspecified atom stereocenters. The molecule has 0 saturated heterocycles. The van der Waals surface area contributed by atoms with Gasteiger partial charge in [0.2, 0.25) is 0 Å². The van der Waals surface area contributed by atoms with E-state index in [-0.39, 0.29) is 6.61 Å². The van der Waals surface area contributed by atoms with Crippen molar-refractivity contribution in [3.63, 3.8) is 0 Å². The van der Waals surface area contributed by atoms with Gasteiger partial charge in [-0.15, -0.1) is 15.3 Å². The number of hydrogen-bond acceptors (Lipinski definition) is 6. The lowest BCUT2D eigenvalue weighted by molar-refractivity contribution is 0.280. The maximum atomic E-state index is 9.42. The number of aliphatic hydroxyl groups is 1. The first kappa shape index (κ1) is 15.2. The van der Waals surface area contributed by atoms with Gasteiger partial charge in [-0.2, -0.15) is 4.52 Å². The number of benzene rings is 1. The van der Waals surface area contributed by atoms with Crippen LogP contribution in [0.4, 0.5) is 5.82 Å². The van der Waals surface area contributed by atoms with E-state index < -0.39 is 0 Å². The monoisotopic (exact) mass is 332 g/mol. The average Bonchev–Trinajstić information content (AvgIpc) is 3.10. The van der Waals surface area contributed by atoms with Gasteiger partial charge in [0.05, 0.1) is 6.61 Å². The fourth-order valence-electron chi connectivity index (χ4n) is 2.63. The maximum absolute atomic E-state index is 9.42. The number of aromatic nitrogens is 5. The molecule has 7 nitrogen and oxygen atoms in total. The Balaban J connectivity index is 1.63. The van der Waals surface area contributed by atoms with Crippen LogP contribution in [0.25, 0.3) is 17.0 Å². The molecule has 0 atom stereocenters. The highest BCUT2D eigenvalue weighted by Crippen LogP contribution is 2.18. The van der Waals surface area contributed by atoms with E-state index in [0.717, 1.165) is 16.7 Å². The molecule has 4 aromatic rings. The van der Waals surface area contributed by atoms with Gasteiger partial charge in [-0.3, -0.25) is 4.98 Å². The van der Waals surface area contributed by atoms with Gasteiger partial charge in [0.15, 0.2) is 11.5 Å². The van der Waals surface area contributed by atoms with Crippen LogP contribution in [0, 0.1) is 0 Å². The van der Waals surface area contributed by atoms with Gasteiger partial charge in [0.1, 0.15) is 5.82 Å². The fourth-order valence-corrected chi connectivity index (χ4v) is 2.63. The second-order valence-electron chi connectivity index (χ2n) is 5.53. The Hall–Kier alpha value is -3.32. The number of pyridine rings is 1. The number of hydrogen-bond donors (Lipinski definition) is 2. The van der Waals surface area contributed by atoms with E-state index in [1.54, 1.807) is 16.9 Å². The Kier molecular flexibility index (Phi) is 4.05. The highest BCUT2D eigenvalue weighted by molar-refractivity contribution is 5.58. The van der Waals surface area contributed by atoms with Crippen LogP contribution in [-0.2, 0) is 13.2 Å². The lowest BCUT2D eigenvalue weighted by Crippen LogP contribution is -2.06. The highest BCUT2D eigenvalue weighted by Gasteiger charge is 2.10. The third-order valence-corrected chi connectivity index (χ3v) is 3.95. The molecule has 4 rings (SSSR count). The van der Waals surface area contributed by atoms with E-state index in [1.165, 1.54) is 0 Å². The first-order chi connectivity index (χ1) is 12.3. The molecule has 0 aliphatic heterocycles. The van der Waals surface area contributed by atoms with Crippen LogP contribution in [0.15, 0.2) is 60.9 Å². The van der Waals surface area contributed by atoms with Crippen molar-refractivity contribution in [2.24, 2.45) is 0 Å². The van der Waals surface area contributed by atoms with Gasteiger partial charge in [0.25, 0.3) is 0 Å². The standard InChI is InChI=1S/C18H16N6O/c25-12-15-4-2-1-3-14(15)11-20-16-5-6-17-21-22-18(24(17)23-16)13-7-9-19-10-8-13/h1-10,25H,11-12H2,(H,20,23). The summed E-state index contributed by atoms with van der Waals surface area (Å²) < 4.78 is 1.70. The van der Waals surface area contributed by atoms with Crippen LogP contribution in [0.1, 0.15) is 11.1 Å². The molecule has 0 amide bonds. The molecule has 124 valence electrons. The van der Waals surface area contributed by atoms with Gasteiger partial charge in [-0.05, 0) is 35.4 Å². The van der Waals surface area contributed by atoms with Crippen LogP contribution < -0.4 is 5.32 Å². The minimum atomic E-state index is 0.0158. The predicted octanol–water partition coefficient (Wildman–Crippen LogP) is 2.29. The van der Waals surface area contributed by atoms with Gasteiger partial charge < -0.3 is 10.4 Å². The molecule has 3 heterocycles. The van der Waals surface area contributed by atoms with Crippen molar-refractivity contribution in [3.8, 4) is 11.4 Å². The number of nitrogens with one attached hydrogen (secondary N) is 1. The molecule has 0 saturated carbocycles. The second kappa shape index (κ2) is 6.66. The van der Waals surface area contributed by atoms with Crippen LogP contribution in [0.2, 0.25) is 0 Å². The molecule has 0 fully saturated rings. The number of anilines is 1. The molecule has 0 aliphatic carbocycles. The predicted molar refractivity (Wildman–Crippen MR) is 93.7 cm³/mol. The van der Waals surface area contributed by atoms with E-state index in [9.17, 15) is 5.11 Å². The Morgan fingerprint density at radius 3 is 2.52 bits per heavy atom. The van der Waals surface area contributed by atoms with Crippen molar-refractivity contribution < 1.29 is 5.11 Å². The molecule has 0 aliphatic rings. The summed E-state index contributed by atoms with van der Waals surface area (Å²) in [7, 11) is 0. The van der Waals surface area contributed by atoms with Crippen LogP contribution in [0.3, 0.4) is 0 Å². The topological polar surface area (TPSA) is 88.2 Å². The quantitative estimate of drug-likeness (QED) is 0.583. The summed E-state index contributed by atoms with van der Waals surface area (Å²) in [6.07, 6.45) is 3.43. The Morgan fingerprint density at radius 1 is 0.920 bits per heavy atom. The second-order valence-corrected chi connectivity index (χ2v) is 5.53. The lowest BCUT2D eigenvalue weighted by atomic mass is 10.1. The number of rotatable bonds is 5. The van der Waals surface area contributed by atoms with Crippen molar-refractivity contribution in [1.82, 2.24) is 24.8 Å². The molecular weight excluding hydrogens is 316 g/mol. The zero-order valence-electron chi connectivity index (χ0n) is 13.4. The first-order valence-electron chi connectivity index (χ1n) is 7.89. The molecular formula is C18H16N6O. The summed E-state index contributed by atoms with van der Waals surface area (Å²) in [4.78, 5) is 4.02. The maximum Gasteiger partial charge on any atom is 0.185 e. The number of nitrogens with zero attached hydrogens (tertiary/aromatic N) is 5. The minimum Gasteiger partial charge on any atom is -0.392 e. The van der Waals surface area contributed by atoms with Gasteiger partial charge in [-0.25, -0.2) is 0 Å². The third-order valence-electron chi connectivity index (χ3n) is 3.95. The fraction of sp³-hybridized carbons (Fsp3) is 0.111. The molecule has 0 spiro atoms. The minimum absolute atomic E-state index is 0.0158. The molecule has 0 radical (unpaired) electrons. The Morgan fingerprint density at radius 2 is 1.72 bits per heavy atom. The van der Waals surface area contributed by atoms with Gasteiger partial charge >= 0.3 is 0 Å². The number of fused-ring (bicyclic) bond motifs is 1. The van der Waals surface area contributed by atoms with Crippen molar-refractivity contribution in [2.45, 2.75) is 13.2 Å². The summed E-state index contributed by atoms with van der Waals surface area (Å²) >= 11 is 0. The molecule has 1 aromatic carbocycles. The summed E-state index contributed by atoms with van der Waals surface area (Å²) in [5, 5.41) is 25.7. The summed E-state index contributed by atoms with van der Waals surface area (Å²) in [6, 6.07) is 15.2. The zero-order valence-corrected chi connectivity index (χ0v) is 13.4. The van der Waals surface area contributed by atoms with Crippen molar-refractivity contribution in [1.29, 1.82) is 0 Å². The molecule has 2 N–H and O–H groups in total. The van der Waals surface area contributed by atoms with Gasteiger partial charge in [0, 0.05) is 24.5 Å². The molecule has 3 aromatic heterocycles. The average molecular weight is 332 g/mol. The smallest absolute Gasteiger partial charge is 0.185 e. The van der Waals surface area contributed by atoms with Crippen LogP contribution in [0.5, 0.6) is 0 Å². The third kappa shape index (κ3) is 3.05. The summed E-state index contributed by atoms with van der Waals surface area (Å²) in [5.41, 5.74) is 3.51. The first-order valence-corrected chi connectivity index (χ1v) is 7.89. The van der Waals surface area contributed by atoms with Crippen molar-refractivity contribution in [3.05, 3.63) is 72.1 Å². The van der Waals surface area contributed by atoms with E-state index >= 15 is 0 Å². The molecule has 0 bridgehead atoms. The van der Waals surface area contributed by atoms with Gasteiger partial charge in [-0.1, -0.05) is 24.3 Å². The molecule has 7 heteroatoms. The largest absolute Gasteiger partial charge is 0.392 e. The number of aliphatic hydroxyl groups excluding tert-OH is 1. The van der Waals surface area contributed by atoms with E-state index in [0.29, 0.717) is 23.8 Å². The normalized spacial score (nSPS) is 10.9. The zero-order chi connectivity index (χ0) is 17.1. The summed E-state index contributed by atoms with van der Waals surface area (Å²) in [6.45, 7) is 0.587. The van der Waals surface area contributed by atoms with Crippen molar-refractivity contribution in [2.75, 3.05) is 5.32 Å². The van der Waals surface area contributed by atoms with Crippen LogP contribution >= 0.6 is 0 Å². The molecule has 25 heavy (non-hydrogen) atoms. The van der Waals surface area contributed by atoms with E-state index in [1.807, 2.05) is 48.5 Å². The lowest BCUT2D eigenvalue weighted by Gasteiger charge is -2.09. The van der Waals surface area contributed by atoms with E-state index in [4.69, 9.17) is 0 Å². The van der Waals surface area contributed by atoms with E-state index in [2.05, 4.69) is 25.6 Å².